The molecule has 2 aliphatic rings. The Morgan fingerprint density at radius 2 is 1.47 bits per heavy atom. The summed E-state index contributed by atoms with van der Waals surface area (Å²) in [6.07, 6.45) is 9.19. The van der Waals surface area contributed by atoms with Gasteiger partial charge in [0.15, 0.2) is 9.84 Å². The standard InChI is InChI=1S/C13H25NO2S/c14-10-11-6-2-1-3-9-13(11)17(15,16)12-7-4-5-8-12/h11-13H,1-10,14H2. The second kappa shape index (κ2) is 5.70. The number of hydrogen-bond donors (Lipinski definition) is 1. The average molecular weight is 259 g/mol. The molecule has 2 unspecified atom stereocenters. The van der Waals surface area contributed by atoms with Crippen LogP contribution in [-0.4, -0.2) is 25.5 Å². The fraction of sp³-hybridized carbons (Fsp3) is 1.00. The highest BCUT2D eigenvalue weighted by atomic mass is 32.2. The van der Waals surface area contributed by atoms with E-state index < -0.39 is 9.84 Å². The van der Waals surface area contributed by atoms with E-state index in [2.05, 4.69) is 0 Å². The van der Waals surface area contributed by atoms with Crippen LogP contribution in [0.15, 0.2) is 0 Å². The molecule has 0 radical (unpaired) electrons. The zero-order valence-corrected chi connectivity index (χ0v) is 11.4. The van der Waals surface area contributed by atoms with Crippen LogP contribution in [0.5, 0.6) is 0 Å². The van der Waals surface area contributed by atoms with Crippen molar-refractivity contribution in [1.82, 2.24) is 0 Å². The average Bonchev–Trinajstić information content (AvgIpc) is 2.74. The van der Waals surface area contributed by atoms with E-state index in [-0.39, 0.29) is 16.4 Å². The molecule has 0 aromatic rings. The molecule has 2 fully saturated rings. The van der Waals surface area contributed by atoms with Gasteiger partial charge < -0.3 is 5.73 Å². The van der Waals surface area contributed by atoms with Crippen LogP contribution in [0, 0.1) is 5.92 Å². The second-order valence-corrected chi connectivity index (χ2v) is 8.12. The molecular weight excluding hydrogens is 234 g/mol. The van der Waals surface area contributed by atoms with E-state index in [1.165, 1.54) is 6.42 Å². The highest BCUT2D eigenvalue weighted by molar-refractivity contribution is 7.92. The van der Waals surface area contributed by atoms with Gasteiger partial charge in [0.25, 0.3) is 0 Å². The summed E-state index contributed by atoms with van der Waals surface area (Å²) in [5.41, 5.74) is 5.79. The monoisotopic (exact) mass is 259 g/mol. The molecular formula is C13H25NO2S. The van der Waals surface area contributed by atoms with Crippen molar-refractivity contribution in [1.29, 1.82) is 0 Å². The zero-order valence-electron chi connectivity index (χ0n) is 10.6. The van der Waals surface area contributed by atoms with Crippen molar-refractivity contribution in [2.45, 2.75) is 68.3 Å². The Morgan fingerprint density at radius 3 is 2.12 bits per heavy atom. The normalized spacial score (nSPS) is 32.5. The first kappa shape index (κ1) is 13.3. The molecule has 0 amide bonds. The molecule has 3 nitrogen and oxygen atoms in total. The van der Waals surface area contributed by atoms with Crippen molar-refractivity contribution >= 4 is 9.84 Å². The molecule has 0 heterocycles. The fourth-order valence-corrected chi connectivity index (χ4v) is 6.28. The first-order valence-corrected chi connectivity index (χ1v) is 8.70. The van der Waals surface area contributed by atoms with Gasteiger partial charge in [0.05, 0.1) is 10.5 Å². The maximum Gasteiger partial charge on any atom is 0.156 e. The topological polar surface area (TPSA) is 60.2 Å². The summed E-state index contributed by atoms with van der Waals surface area (Å²) in [6, 6.07) is 0. The summed E-state index contributed by atoms with van der Waals surface area (Å²) in [7, 11) is -2.93. The van der Waals surface area contributed by atoms with Gasteiger partial charge in [0.1, 0.15) is 0 Å². The van der Waals surface area contributed by atoms with Crippen LogP contribution in [0.2, 0.25) is 0 Å². The van der Waals surface area contributed by atoms with Gasteiger partial charge in [-0.15, -0.1) is 0 Å². The summed E-state index contributed by atoms with van der Waals surface area (Å²) in [5, 5.41) is -0.197. The lowest BCUT2D eigenvalue weighted by Crippen LogP contribution is -2.38. The number of hydrogen-bond acceptors (Lipinski definition) is 3. The molecule has 100 valence electrons. The maximum atomic E-state index is 12.7. The maximum absolute atomic E-state index is 12.7. The van der Waals surface area contributed by atoms with Gasteiger partial charge in [-0.2, -0.15) is 0 Å². The van der Waals surface area contributed by atoms with Gasteiger partial charge in [0, 0.05) is 0 Å². The Balaban J connectivity index is 2.16. The number of sulfone groups is 1. The van der Waals surface area contributed by atoms with E-state index in [1.54, 1.807) is 0 Å². The number of rotatable bonds is 3. The van der Waals surface area contributed by atoms with Crippen LogP contribution in [0.4, 0.5) is 0 Å². The van der Waals surface area contributed by atoms with E-state index in [1.807, 2.05) is 0 Å². The van der Waals surface area contributed by atoms with Crippen LogP contribution >= 0.6 is 0 Å². The second-order valence-electron chi connectivity index (χ2n) is 5.67. The predicted octanol–water partition coefficient (Wildman–Crippen LogP) is 2.25. The van der Waals surface area contributed by atoms with Crippen molar-refractivity contribution in [3.8, 4) is 0 Å². The molecule has 2 N–H and O–H groups in total. The largest absolute Gasteiger partial charge is 0.330 e. The van der Waals surface area contributed by atoms with Gasteiger partial charge in [-0.05, 0) is 38.1 Å². The molecule has 2 saturated carbocycles. The highest BCUT2D eigenvalue weighted by Gasteiger charge is 2.39. The van der Waals surface area contributed by atoms with Crippen molar-refractivity contribution < 1.29 is 8.42 Å². The first-order chi connectivity index (χ1) is 8.16. The van der Waals surface area contributed by atoms with Gasteiger partial charge >= 0.3 is 0 Å². The van der Waals surface area contributed by atoms with E-state index in [4.69, 9.17) is 5.73 Å². The van der Waals surface area contributed by atoms with Crippen LogP contribution in [0.25, 0.3) is 0 Å². The molecule has 2 rings (SSSR count). The van der Waals surface area contributed by atoms with Crippen molar-refractivity contribution in [3.63, 3.8) is 0 Å². The van der Waals surface area contributed by atoms with Crippen LogP contribution in [-0.2, 0) is 9.84 Å². The fourth-order valence-electron chi connectivity index (χ4n) is 3.52. The predicted molar refractivity (Wildman–Crippen MR) is 70.6 cm³/mol. The minimum Gasteiger partial charge on any atom is -0.330 e. The molecule has 2 aliphatic carbocycles. The lowest BCUT2D eigenvalue weighted by molar-refractivity contribution is 0.451. The van der Waals surface area contributed by atoms with E-state index in [9.17, 15) is 8.42 Å². The Bertz CT molecular complexity index is 333. The van der Waals surface area contributed by atoms with Crippen molar-refractivity contribution in [2.75, 3.05) is 6.54 Å². The zero-order chi connectivity index (χ0) is 12.3. The molecule has 0 bridgehead atoms. The first-order valence-electron chi connectivity index (χ1n) is 7.09. The SMILES string of the molecule is NCC1CCCCCC1S(=O)(=O)C1CCCC1. The highest BCUT2D eigenvalue weighted by Crippen LogP contribution is 2.35. The molecule has 0 aromatic heterocycles. The quantitative estimate of drug-likeness (QED) is 0.791. The molecule has 2 atom stereocenters. The Morgan fingerprint density at radius 1 is 0.882 bits per heavy atom. The molecule has 0 aliphatic heterocycles. The van der Waals surface area contributed by atoms with Crippen LogP contribution < -0.4 is 5.73 Å². The molecule has 0 spiro atoms. The van der Waals surface area contributed by atoms with Crippen LogP contribution in [0.3, 0.4) is 0 Å². The summed E-state index contributed by atoms with van der Waals surface area (Å²) in [6.45, 7) is 0.538. The van der Waals surface area contributed by atoms with E-state index >= 15 is 0 Å². The molecule has 0 aromatic carbocycles. The Kier molecular flexibility index (Phi) is 4.47. The van der Waals surface area contributed by atoms with E-state index in [0.29, 0.717) is 6.54 Å². The van der Waals surface area contributed by atoms with Crippen LogP contribution in [0.1, 0.15) is 57.8 Å². The molecule has 4 heteroatoms. The van der Waals surface area contributed by atoms with Gasteiger partial charge in [-0.3, -0.25) is 0 Å². The van der Waals surface area contributed by atoms with Gasteiger partial charge in [0.2, 0.25) is 0 Å². The van der Waals surface area contributed by atoms with E-state index in [0.717, 1.165) is 51.4 Å². The summed E-state index contributed by atoms with van der Waals surface area (Å²) in [4.78, 5) is 0. The lowest BCUT2D eigenvalue weighted by atomic mass is 10.0. The van der Waals surface area contributed by atoms with Crippen molar-refractivity contribution in [3.05, 3.63) is 0 Å². The third-order valence-corrected chi connectivity index (χ3v) is 7.45. The summed E-state index contributed by atoms with van der Waals surface area (Å²) >= 11 is 0. The number of nitrogens with two attached hydrogens (primary N) is 1. The third-order valence-electron chi connectivity index (χ3n) is 4.58. The summed E-state index contributed by atoms with van der Waals surface area (Å²) in [5.74, 6) is 0.211. The third kappa shape index (κ3) is 2.84. The summed E-state index contributed by atoms with van der Waals surface area (Å²) < 4.78 is 25.3. The minimum absolute atomic E-state index is 0.0559. The lowest BCUT2D eigenvalue weighted by Gasteiger charge is -2.26. The molecule has 17 heavy (non-hydrogen) atoms. The van der Waals surface area contributed by atoms with Gasteiger partial charge in [-0.25, -0.2) is 8.42 Å². The molecule has 0 saturated heterocycles. The minimum atomic E-state index is -2.93. The van der Waals surface area contributed by atoms with Crippen molar-refractivity contribution in [2.24, 2.45) is 11.7 Å². The van der Waals surface area contributed by atoms with Gasteiger partial charge in [-0.1, -0.05) is 32.1 Å². The Hall–Kier alpha value is -0.0900. The Labute approximate surface area is 105 Å². The smallest absolute Gasteiger partial charge is 0.156 e.